The normalized spacial score (nSPS) is 12.3. The third kappa shape index (κ3) is 2.59. The van der Waals surface area contributed by atoms with Crippen LogP contribution in [0.3, 0.4) is 0 Å². The molecule has 1 aromatic carbocycles. The molecule has 0 aliphatic carbocycles. The quantitative estimate of drug-likeness (QED) is 0.899. The second-order valence-electron chi connectivity index (χ2n) is 4.49. The zero-order chi connectivity index (χ0) is 13.1. The minimum absolute atomic E-state index is 0.0149. The molecule has 0 aliphatic heterocycles. The Morgan fingerprint density at radius 1 is 1.44 bits per heavy atom. The van der Waals surface area contributed by atoms with Crippen molar-refractivity contribution in [2.24, 2.45) is 7.05 Å². The maximum absolute atomic E-state index is 10.8. The lowest BCUT2D eigenvalue weighted by Gasteiger charge is -2.13. The highest BCUT2D eigenvalue weighted by atomic mass is 16.4. The number of carboxylic acids is 1. The van der Waals surface area contributed by atoms with Gasteiger partial charge in [-0.15, -0.1) is 0 Å². The molecular formula is C14H16N2O2. The van der Waals surface area contributed by atoms with Crippen molar-refractivity contribution in [3.05, 3.63) is 42.2 Å². The van der Waals surface area contributed by atoms with Crippen LogP contribution in [0, 0.1) is 0 Å². The Bertz CT molecular complexity index is 560. The Balaban J connectivity index is 2.39. The molecule has 0 saturated carbocycles. The molecule has 0 bridgehead atoms. The topological polar surface area (TPSA) is 55.1 Å². The van der Waals surface area contributed by atoms with Gasteiger partial charge < -0.3 is 5.11 Å². The summed E-state index contributed by atoms with van der Waals surface area (Å²) < 4.78 is 1.74. The molecular weight excluding hydrogens is 228 g/mol. The molecule has 18 heavy (non-hydrogen) atoms. The first kappa shape index (κ1) is 12.4. The molecule has 0 radical (unpaired) electrons. The summed E-state index contributed by atoms with van der Waals surface area (Å²) in [5, 5.41) is 13.0. The van der Waals surface area contributed by atoms with E-state index in [0.29, 0.717) is 0 Å². The minimum atomic E-state index is -0.775. The third-order valence-electron chi connectivity index (χ3n) is 2.99. The molecule has 2 rings (SSSR count). The van der Waals surface area contributed by atoms with Gasteiger partial charge in [-0.2, -0.15) is 5.10 Å². The molecule has 1 aromatic heterocycles. The van der Waals surface area contributed by atoms with Crippen molar-refractivity contribution in [3.63, 3.8) is 0 Å². The van der Waals surface area contributed by atoms with Crippen LogP contribution in [0.4, 0.5) is 0 Å². The van der Waals surface area contributed by atoms with Crippen LogP contribution >= 0.6 is 0 Å². The van der Waals surface area contributed by atoms with Crippen molar-refractivity contribution in [3.8, 4) is 11.1 Å². The van der Waals surface area contributed by atoms with Crippen LogP contribution in [0.2, 0.25) is 0 Å². The van der Waals surface area contributed by atoms with Gasteiger partial charge in [-0.05, 0) is 17.0 Å². The zero-order valence-corrected chi connectivity index (χ0v) is 10.5. The fourth-order valence-corrected chi connectivity index (χ4v) is 2.12. The van der Waals surface area contributed by atoms with E-state index in [4.69, 9.17) is 5.11 Å². The smallest absolute Gasteiger partial charge is 0.303 e. The van der Waals surface area contributed by atoms with Crippen molar-refractivity contribution in [1.29, 1.82) is 0 Å². The second kappa shape index (κ2) is 5.04. The van der Waals surface area contributed by atoms with E-state index in [1.54, 1.807) is 10.9 Å². The number of benzene rings is 1. The van der Waals surface area contributed by atoms with Gasteiger partial charge in [0.15, 0.2) is 0 Å². The molecule has 0 aliphatic rings. The summed E-state index contributed by atoms with van der Waals surface area (Å²) in [4.78, 5) is 10.8. The van der Waals surface area contributed by atoms with Crippen molar-refractivity contribution >= 4 is 5.97 Å². The maximum Gasteiger partial charge on any atom is 0.303 e. The Labute approximate surface area is 106 Å². The summed E-state index contributed by atoms with van der Waals surface area (Å²) in [6.45, 7) is 1.93. The average Bonchev–Trinajstić information content (AvgIpc) is 2.75. The molecule has 1 heterocycles. The zero-order valence-electron chi connectivity index (χ0n) is 10.5. The van der Waals surface area contributed by atoms with Gasteiger partial charge in [-0.3, -0.25) is 9.48 Å². The molecule has 0 saturated heterocycles. The van der Waals surface area contributed by atoms with E-state index in [9.17, 15) is 4.79 Å². The highest BCUT2D eigenvalue weighted by molar-refractivity contribution is 5.71. The van der Waals surface area contributed by atoms with Crippen LogP contribution in [0.5, 0.6) is 0 Å². The first-order valence-electron chi connectivity index (χ1n) is 5.87. The fourth-order valence-electron chi connectivity index (χ4n) is 2.12. The standard InChI is InChI=1S/C14H16N2O2/c1-10(7-14(17)18)12-5-3-4-6-13(12)11-8-15-16(2)9-11/h3-6,8-10H,7H2,1-2H3,(H,17,18). The average molecular weight is 244 g/mol. The number of rotatable bonds is 4. The van der Waals surface area contributed by atoms with Crippen molar-refractivity contribution in [2.75, 3.05) is 0 Å². The molecule has 4 nitrogen and oxygen atoms in total. The number of hydrogen-bond acceptors (Lipinski definition) is 2. The third-order valence-corrected chi connectivity index (χ3v) is 2.99. The van der Waals surface area contributed by atoms with Crippen LogP contribution in [-0.2, 0) is 11.8 Å². The van der Waals surface area contributed by atoms with Gasteiger partial charge >= 0.3 is 5.97 Å². The monoisotopic (exact) mass is 244 g/mol. The number of carbonyl (C=O) groups is 1. The van der Waals surface area contributed by atoms with Crippen molar-refractivity contribution in [1.82, 2.24) is 9.78 Å². The Kier molecular flexibility index (Phi) is 3.46. The Morgan fingerprint density at radius 3 is 2.78 bits per heavy atom. The number of aryl methyl sites for hydroxylation is 1. The van der Waals surface area contributed by atoms with E-state index in [0.717, 1.165) is 16.7 Å². The summed E-state index contributed by atoms with van der Waals surface area (Å²) in [5.41, 5.74) is 3.12. The highest BCUT2D eigenvalue weighted by Crippen LogP contribution is 2.30. The molecule has 1 unspecified atom stereocenters. The highest BCUT2D eigenvalue weighted by Gasteiger charge is 2.15. The van der Waals surface area contributed by atoms with Gasteiger partial charge in [-0.1, -0.05) is 31.2 Å². The van der Waals surface area contributed by atoms with Gasteiger partial charge in [0, 0.05) is 18.8 Å². The van der Waals surface area contributed by atoms with Gasteiger partial charge in [0.2, 0.25) is 0 Å². The van der Waals surface area contributed by atoms with Crippen LogP contribution in [0.15, 0.2) is 36.7 Å². The van der Waals surface area contributed by atoms with Crippen molar-refractivity contribution < 1.29 is 9.90 Å². The summed E-state index contributed by atoms with van der Waals surface area (Å²) in [7, 11) is 1.87. The van der Waals surface area contributed by atoms with Gasteiger partial charge in [0.25, 0.3) is 0 Å². The second-order valence-corrected chi connectivity index (χ2v) is 4.49. The van der Waals surface area contributed by atoms with Crippen LogP contribution in [0.1, 0.15) is 24.8 Å². The molecule has 94 valence electrons. The number of aliphatic carboxylic acids is 1. The lowest BCUT2D eigenvalue weighted by molar-refractivity contribution is -0.137. The number of hydrogen-bond donors (Lipinski definition) is 1. The van der Waals surface area contributed by atoms with Crippen LogP contribution in [0.25, 0.3) is 11.1 Å². The summed E-state index contributed by atoms with van der Waals surface area (Å²) in [6, 6.07) is 7.88. The first-order valence-corrected chi connectivity index (χ1v) is 5.87. The first-order chi connectivity index (χ1) is 8.58. The molecule has 2 aromatic rings. The van der Waals surface area contributed by atoms with E-state index in [-0.39, 0.29) is 12.3 Å². The van der Waals surface area contributed by atoms with E-state index in [1.807, 2.05) is 44.4 Å². The molecule has 0 fully saturated rings. The summed E-state index contributed by atoms with van der Waals surface area (Å²) in [6.07, 6.45) is 3.87. The molecule has 4 heteroatoms. The van der Waals surface area contributed by atoms with E-state index in [1.165, 1.54) is 0 Å². The van der Waals surface area contributed by atoms with Crippen LogP contribution in [-0.4, -0.2) is 20.9 Å². The lowest BCUT2D eigenvalue weighted by atomic mass is 9.91. The van der Waals surface area contributed by atoms with Gasteiger partial charge in [-0.25, -0.2) is 0 Å². The van der Waals surface area contributed by atoms with Crippen LogP contribution < -0.4 is 0 Å². The van der Waals surface area contributed by atoms with Crippen molar-refractivity contribution in [2.45, 2.75) is 19.3 Å². The van der Waals surface area contributed by atoms with E-state index < -0.39 is 5.97 Å². The molecule has 1 N–H and O–H groups in total. The summed E-state index contributed by atoms with van der Waals surface area (Å²) >= 11 is 0. The summed E-state index contributed by atoms with van der Waals surface area (Å²) in [5.74, 6) is -0.789. The molecule has 0 amide bonds. The predicted molar refractivity (Wildman–Crippen MR) is 69.3 cm³/mol. The molecule has 0 spiro atoms. The Hall–Kier alpha value is -2.10. The van der Waals surface area contributed by atoms with Gasteiger partial charge in [0.05, 0.1) is 12.6 Å². The van der Waals surface area contributed by atoms with E-state index >= 15 is 0 Å². The molecule has 1 atom stereocenters. The largest absolute Gasteiger partial charge is 0.481 e. The Morgan fingerprint density at radius 2 is 2.17 bits per heavy atom. The lowest BCUT2D eigenvalue weighted by Crippen LogP contribution is -2.04. The van der Waals surface area contributed by atoms with E-state index in [2.05, 4.69) is 5.10 Å². The predicted octanol–water partition coefficient (Wildman–Crippen LogP) is 2.67. The number of carboxylic acid groups (broad SMARTS) is 1. The SMILES string of the molecule is CC(CC(=O)O)c1ccccc1-c1cnn(C)c1. The number of aromatic nitrogens is 2. The van der Waals surface area contributed by atoms with Gasteiger partial charge in [0.1, 0.15) is 0 Å². The minimum Gasteiger partial charge on any atom is -0.481 e. The fraction of sp³-hybridized carbons (Fsp3) is 0.286. The maximum atomic E-state index is 10.8. The number of nitrogens with zero attached hydrogens (tertiary/aromatic N) is 2.